The molecule has 3 atom stereocenters. The van der Waals surface area contributed by atoms with Gasteiger partial charge in [0.1, 0.15) is 0 Å². The van der Waals surface area contributed by atoms with Crippen LogP contribution in [-0.4, -0.2) is 104 Å². The van der Waals surface area contributed by atoms with Gasteiger partial charge in [-0.15, -0.1) is 0 Å². The molecule has 1 N–H and O–H groups in total. The number of amides is 2. The van der Waals surface area contributed by atoms with Crippen molar-refractivity contribution < 1.29 is 27.8 Å². The molecule has 2 amide bonds. The van der Waals surface area contributed by atoms with Crippen molar-refractivity contribution in [1.82, 2.24) is 19.1 Å². The number of nitrogens with one attached hydrogen (secondary N) is 1. The van der Waals surface area contributed by atoms with E-state index < -0.39 is 39.0 Å². The van der Waals surface area contributed by atoms with E-state index >= 15 is 0 Å². The maximum Gasteiger partial charge on any atom is 0.336 e. The first kappa shape index (κ1) is 33.2. The van der Waals surface area contributed by atoms with Crippen LogP contribution in [0.15, 0.2) is 90.1 Å². The summed E-state index contributed by atoms with van der Waals surface area (Å²) in [5.41, 5.74) is 2.15. The SMILES string of the molecule is CC1C(C(=O)[NH+]([O-])CCN2CCOCC2)N(C(=O)c2ccc(-c3ccncc3)cc2)CCN1S(=O)(=O)c1ccc2cc(Cl)ccc2c1. The molecule has 0 aliphatic carbocycles. The molecule has 0 saturated carbocycles. The van der Waals surface area contributed by atoms with Gasteiger partial charge in [0, 0.05) is 55.7 Å². The van der Waals surface area contributed by atoms with Crippen molar-refractivity contribution in [2.45, 2.75) is 23.9 Å². The van der Waals surface area contributed by atoms with E-state index in [4.69, 9.17) is 16.3 Å². The van der Waals surface area contributed by atoms with Gasteiger partial charge in [-0.3, -0.25) is 14.7 Å². The number of halogens is 1. The fourth-order valence-corrected chi connectivity index (χ4v) is 8.12. The van der Waals surface area contributed by atoms with Gasteiger partial charge in [-0.1, -0.05) is 35.9 Å². The first-order valence-corrected chi connectivity index (χ1v) is 17.3. The molecule has 6 rings (SSSR count). The van der Waals surface area contributed by atoms with E-state index in [1.165, 1.54) is 15.3 Å². The lowest BCUT2D eigenvalue weighted by molar-refractivity contribution is -0.766. The largest absolute Gasteiger partial charge is 0.627 e. The zero-order valence-corrected chi connectivity index (χ0v) is 27.5. The third kappa shape index (κ3) is 7.09. The molecule has 13 heteroatoms. The van der Waals surface area contributed by atoms with Gasteiger partial charge in [-0.05, 0) is 77.4 Å². The molecule has 11 nitrogen and oxygen atoms in total. The lowest BCUT2D eigenvalue weighted by Gasteiger charge is -2.45. The number of sulfonamides is 1. The Morgan fingerprint density at radius 3 is 2.30 bits per heavy atom. The Bertz CT molecular complexity index is 1850. The number of hydrogen-bond donors (Lipinski definition) is 1. The zero-order chi connectivity index (χ0) is 33.1. The van der Waals surface area contributed by atoms with Crippen molar-refractivity contribution >= 4 is 44.2 Å². The third-order valence-electron chi connectivity index (χ3n) is 8.90. The Balaban J connectivity index is 1.28. The minimum atomic E-state index is -4.11. The number of hydroxylamine groups is 2. The summed E-state index contributed by atoms with van der Waals surface area (Å²) in [6.45, 7) is 4.24. The van der Waals surface area contributed by atoms with Crippen molar-refractivity contribution in [2.75, 3.05) is 52.5 Å². The normalized spacial score (nSPS) is 20.3. The molecule has 2 aliphatic rings. The molecule has 47 heavy (non-hydrogen) atoms. The molecule has 0 bridgehead atoms. The number of nitrogens with zero attached hydrogens (tertiary/aromatic N) is 4. The minimum Gasteiger partial charge on any atom is -0.627 e. The lowest BCUT2D eigenvalue weighted by Crippen LogP contribution is -3.13. The van der Waals surface area contributed by atoms with Crippen LogP contribution in [0.5, 0.6) is 0 Å². The molecular weight excluding hydrogens is 642 g/mol. The Morgan fingerprint density at radius 1 is 0.915 bits per heavy atom. The third-order valence-corrected chi connectivity index (χ3v) is 11.1. The second-order valence-electron chi connectivity index (χ2n) is 11.8. The molecule has 4 aromatic rings. The number of piperazine rings is 1. The summed E-state index contributed by atoms with van der Waals surface area (Å²) in [6, 6.07) is 18.3. The summed E-state index contributed by atoms with van der Waals surface area (Å²) in [6.07, 6.45) is 3.37. The predicted molar refractivity (Wildman–Crippen MR) is 178 cm³/mol. The number of pyridine rings is 1. The summed E-state index contributed by atoms with van der Waals surface area (Å²) >= 11 is 6.12. The van der Waals surface area contributed by atoms with Crippen molar-refractivity contribution in [3.8, 4) is 11.1 Å². The van der Waals surface area contributed by atoms with Crippen molar-refractivity contribution in [3.63, 3.8) is 0 Å². The Hall–Kier alpha value is -3.75. The van der Waals surface area contributed by atoms with E-state index in [-0.39, 0.29) is 24.5 Å². The molecule has 246 valence electrons. The van der Waals surface area contributed by atoms with Crippen molar-refractivity contribution in [2.24, 2.45) is 0 Å². The van der Waals surface area contributed by atoms with Crippen LogP contribution in [0.25, 0.3) is 21.9 Å². The smallest absolute Gasteiger partial charge is 0.336 e. The highest BCUT2D eigenvalue weighted by Gasteiger charge is 2.48. The number of benzene rings is 3. The number of hydrogen-bond acceptors (Lipinski definition) is 8. The summed E-state index contributed by atoms with van der Waals surface area (Å²) in [4.78, 5) is 35.4. The zero-order valence-electron chi connectivity index (χ0n) is 25.9. The maximum atomic E-state index is 14.1. The number of rotatable bonds is 8. The Kier molecular flexibility index (Phi) is 9.99. The van der Waals surface area contributed by atoms with Crippen LogP contribution >= 0.6 is 11.6 Å². The molecule has 3 aromatic carbocycles. The number of ether oxygens (including phenoxy) is 1. The fraction of sp³-hybridized carbons (Fsp3) is 0.324. The Morgan fingerprint density at radius 2 is 1.57 bits per heavy atom. The number of fused-ring (bicyclic) bond motifs is 1. The van der Waals surface area contributed by atoms with Gasteiger partial charge in [-0.2, -0.15) is 4.31 Å². The van der Waals surface area contributed by atoms with E-state index in [2.05, 4.69) is 9.88 Å². The highest BCUT2D eigenvalue weighted by molar-refractivity contribution is 7.89. The Labute approximate surface area is 278 Å². The fourth-order valence-electron chi connectivity index (χ4n) is 6.27. The van der Waals surface area contributed by atoms with E-state index in [0.29, 0.717) is 48.8 Å². The van der Waals surface area contributed by atoms with Gasteiger partial charge in [-0.25, -0.2) is 13.2 Å². The van der Waals surface area contributed by atoms with Crippen LogP contribution in [0.4, 0.5) is 0 Å². The van der Waals surface area contributed by atoms with Gasteiger partial charge < -0.3 is 19.9 Å². The van der Waals surface area contributed by atoms with Crippen LogP contribution in [0, 0.1) is 5.21 Å². The molecule has 3 unspecified atom stereocenters. The molecule has 1 aromatic heterocycles. The van der Waals surface area contributed by atoms with Crippen LogP contribution in [0.3, 0.4) is 0 Å². The molecule has 2 fully saturated rings. The summed E-state index contributed by atoms with van der Waals surface area (Å²) < 4.78 is 34.8. The summed E-state index contributed by atoms with van der Waals surface area (Å²) in [5.74, 6) is -1.22. The van der Waals surface area contributed by atoms with E-state index in [1.54, 1.807) is 61.8 Å². The van der Waals surface area contributed by atoms with Crippen molar-refractivity contribution in [1.29, 1.82) is 0 Å². The van der Waals surface area contributed by atoms with Gasteiger partial charge in [0.15, 0.2) is 6.04 Å². The molecule has 2 saturated heterocycles. The van der Waals surface area contributed by atoms with Gasteiger partial charge in [0.25, 0.3) is 5.91 Å². The lowest BCUT2D eigenvalue weighted by atomic mass is 10.0. The van der Waals surface area contributed by atoms with E-state index in [0.717, 1.165) is 16.5 Å². The summed E-state index contributed by atoms with van der Waals surface area (Å²) in [5, 5.41) is 14.8. The highest BCUT2D eigenvalue weighted by atomic mass is 35.5. The molecule has 0 spiro atoms. The highest BCUT2D eigenvalue weighted by Crippen LogP contribution is 2.29. The molecule has 3 heterocycles. The monoisotopic (exact) mass is 677 g/mol. The first-order chi connectivity index (χ1) is 22.6. The van der Waals surface area contributed by atoms with Crippen molar-refractivity contribution in [3.05, 3.63) is 101 Å². The number of quaternary nitrogens is 1. The molecular formula is C34H36ClN5O6S. The predicted octanol–water partition coefficient (Wildman–Crippen LogP) is 2.70. The van der Waals surface area contributed by atoms with Crippen LogP contribution < -0.4 is 5.06 Å². The van der Waals surface area contributed by atoms with E-state index in [9.17, 15) is 23.2 Å². The summed E-state index contributed by atoms with van der Waals surface area (Å²) in [7, 11) is -4.11. The standard InChI is InChI=1S/C34H36ClN5O6S/c1-24-32(34(42)39(43)16-14-37-18-20-46-21-19-37)38(33(41)27-4-2-25(3-5-27)26-10-12-36-13-11-26)15-17-40(24)47(44,45)31-9-7-28-22-30(35)8-6-29(28)23-31/h2-13,22-24,32,39H,14-21H2,1H3. The van der Waals surface area contributed by atoms with Gasteiger partial charge in [0.2, 0.25) is 10.0 Å². The molecule has 0 radical (unpaired) electrons. The minimum absolute atomic E-state index is 0.0370. The van der Waals surface area contributed by atoms with Gasteiger partial charge >= 0.3 is 5.91 Å². The number of aromatic nitrogens is 1. The number of morpholine rings is 1. The van der Waals surface area contributed by atoms with E-state index in [1.807, 2.05) is 24.3 Å². The molecule has 2 aliphatic heterocycles. The van der Waals surface area contributed by atoms with Crippen LogP contribution in [-0.2, 0) is 19.6 Å². The second kappa shape index (κ2) is 14.2. The average molecular weight is 678 g/mol. The number of carbonyl (C=O) groups is 2. The van der Waals surface area contributed by atoms with Gasteiger partial charge in [0.05, 0.1) is 30.7 Å². The number of carbonyl (C=O) groups excluding carboxylic acids is 2. The second-order valence-corrected chi connectivity index (χ2v) is 14.1. The van der Waals surface area contributed by atoms with Crippen LogP contribution in [0.1, 0.15) is 17.3 Å². The van der Waals surface area contributed by atoms with Crippen LogP contribution in [0.2, 0.25) is 5.02 Å². The average Bonchev–Trinajstić information content (AvgIpc) is 3.10. The topological polar surface area (TPSA) is 128 Å². The quantitative estimate of drug-likeness (QED) is 0.282. The first-order valence-electron chi connectivity index (χ1n) is 15.5. The maximum absolute atomic E-state index is 14.1.